The molecule has 0 spiro atoms. The van der Waals surface area contributed by atoms with Crippen LogP contribution in [0.1, 0.15) is 28.7 Å². The second-order valence-corrected chi connectivity index (χ2v) is 12.0. The highest BCUT2D eigenvalue weighted by Gasteiger charge is 2.11. The predicted molar refractivity (Wildman–Crippen MR) is 213 cm³/mol. The Balaban J connectivity index is 1.11. The summed E-state index contributed by atoms with van der Waals surface area (Å²) in [6, 6.07) is 33.7. The molecule has 0 fully saturated rings. The van der Waals surface area contributed by atoms with Crippen molar-refractivity contribution >= 4 is 56.1 Å². The van der Waals surface area contributed by atoms with Crippen LogP contribution in [0.2, 0.25) is 0 Å². The van der Waals surface area contributed by atoms with Crippen molar-refractivity contribution in [3.05, 3.63) is 205 Å². The van der Waals surface area contributed by atoms with Gasteiger partial charge < -0.3 is 10.2 Å². The molecule has 1 heterocycles. The van der Waals surface area contributed by atoms with Gasteiger partial charge in [-0.1, -0.05) is 165 Å². The second kappa shape index (κ2) is 14.2. The zero-order chi connectivity index (χ0) is 33.6. The molecule has 1 aromatic heterocycles. The molecule has 0 radical (unpaired) electrons. The average molecular weight is 632 g/mol. The fraction of sp³-hybridized carbons (Fsp3) is 0.0213. The van der Waals surface area contributed by atoms with E-state index in [1.165, 1.54) is 10.8 Å². The third-order valence-corrected chi connectivity index (χ3v) is 8.96. The molecule has 1 aliphatic rings. The predicted octanol–water partition coefficient (Wildman–Crippen LogP) is 12.6. The standard InChI is InChI=1S/C47H37NO/c1-3-34-31-43(41-20-12-11-19-40(41)39(34)4-2)36-24-26-37(27-25-36)45(48)29-23-33-15-7-5-6-8-17-35(18-10-9-16-33)38-28-30-47-44(32-38)42-21-13-14-22-46(42)49-47/h3-22,24-32H,1-2,23,48H2/b6-5?,7-5?,8-6?,10-9?,15-7?,16-9?,17-8?,18-10?,33-15?,33-16?,35-17?,35-18?,45-29-. The van der Waals surface area contributed by atoms with Gasteiger partial charge in [-0.05, 0) is 86.0 Å². The van der Waals surface area contributed by atoms with Crippen LogP contribution in [0.5, 0.6) is 0 Å². The highest BCUT2D eigenvalue weighted by molar-refractivity contribution is 6.06. The molecule has 0 saturated carbocycles. The third-order valence-electron chi connectivity index (χ3n) is 8.96. The topological polar surface area (TPSA) is 39.2 Å². The van der Waals surface area contributed by atoms with Crippen molar-refractivity contribution < 1.29 is 4.42 Å². The molecular weight excluding hydrogens is 595 g/mol. The van der Waals surface area contributed by atoms with Crippen molar-refractivity contribution in [1.82, 2.24) is 0 Å². The fourth-order valence-electron chi connectivity index (χ4n) is 6.39. The Bertz CT molecular complexity index is 2430. The number of para-hydroxylation sites is 1. The number of rotatable bonds is 7. The number of nitrogens with two attached hydrogens (primary N) is 1. The molecule has 49 heavy (non-hydrogen) atoms. The van der Waals surface area contributed by atoms with Gasteiger partial charge in [-0.2, -0.15) is 0 Å². The highest BCUT2D eigenvalue weighted by atomic mass is 16.3. The Hall–Kier alpha value is -6.38. The van der Waals surface area contributed by atoms with Crippen molar-refractivity contribution in [2.24, 2.45) is 5.73 Å². The zero-order valence-corrected chi connectivity index (χ0v) is 27.4. The number of hydrogen-bond donors (Lipinski definition) is 1. The molecule has 1 aliphatic carbocycles. The van der Waals surface area contributed by atoms with Gasteiger partial charge in [0.15, 0.2) is 0 Å². The summed E-state index contributed by atoms with van der Waals surface area (Å²) >= 11 is 0. The van der Waals surface area contributed by atoms with Crippen molar-refractivity contribution in [3.63, 3.8) is 0 Å². The lowest BCUT2D eigenvalue weighted by molar-refractivity contribution is 0.669. The Kier molecular flexibility index (Phi) is 9.03. The second-order valence-electron chi connectivity index (χ2n) is 12.0. The largest absolute Gasteiger partial charge is 0.456 e. The van der Waals surface area contributed by atoms with Crippen LogP contribution in [0.4, 0.5) is 0 Å². The van der Waals surface area contributed by atoms with Crippen LogP contribution in [-0.4, -0.2) is 0 Å². The first-order valence-corrected chi connectivity index (χ1v) is 16.5. The summed E-state index contributed by atoms with van der Waals surface area (Å²) in [7, 11) is 0. The first-order chi connectivity index (χ1) is 24.1. The van der Waals surface area contributed by atoms with Crippen LogP contribution >= 0.6 is 0 Å². The molecule has 2 N–H and O–H groups in total. The maximum atomic E-state index is 6.62. The Morgan fingerprint density at radius 1 is 0.612 bits per heavy atom. The van der Waals surface area contributed by atoms with Crippen molar-refractivity contribution in [2.45, 2.75) is 6.42 Å². The van der Waals surface area contributed by atoms with Crippen LogP contribution in [0.15, 0.2) is 187 Å². The lowest BCUT2D eigenvalue weighted by Gasteiger charge is -2.13. The van der Waals surface area contributed by atoms with Gasteiger partial charge in [-0.15, -0.1) is 0 Å². The Morgan fingerprint density at radius 3 is 2.10 bits per heavy atom. The van der Waals surface area contributed by atoms with Gasteiger partial charge in [0, 0.05) is 16.5 Å². The molecule has 236 valence electrons. The van der Waals surface area contributed by atoms with Crippen LogP contribution in [0, 0.1) is 0 Å². The number of furan rings is 1. The lowest BCUT2D eigenvalue weighted by atomic mass is 9.90. The Labute approximate surface area is 287 Å². The summed E-state index contributed by atoms with van der Waals surface area (Å²) in [5, 5.41) is 4.60. The van der Waals surface area contributed by atoms with Crippen LogP contribution < -0.4 is 5.73 Å². The summed E-state index contributed by atoms with van der Waals surface area (Å²) in [5.74, 6) is 0. The van der Waals surface area contributed by atoms with E-state index in [2.05, 4.69) is 159 Å². The molecule has 2 nitrogen and oxygen atoms in total. The van der Waals surface area contributed by atoms with E-state index >= 15 is 0 Å². The molecule has 0 amide bonds. The van der Waals surface area contributed by atoms with Gasteiger partial charge in [0.25, 0.3) is 0 Å². The minimum Gasteiger partial charge on any atom is -0.456 e. The minimum atomic E-state index is 0.704. The molecule has 5 aromatic carbocycles. The molecule has 0 bridgehead atoms. The molecule has 2 heteroatoms. The maximum absolute atomic E-state index is 6.62. The van der Waals surface area contributed by atoms with E-state index in [4.69, 9.17) is 10.2 Å². The number of allylic oxidation sites excluding steroid dienone is 13. The normalized spacial score (nSPS) is 13.7. The van der Waals surface area contributed by atoms with Gasteiger partial charge >= 0.3 is 0 Å². The van der Waals surface area contributed by atoms with Crippen LogP contribution in [0.25, 0.3) is 67.3 Å². The summed E-state index contributed by atoms with van der Waals surface area (Å²) in [6.07, 6.45) is 27.6. The van der Waals surface area contributed by atoms with E-state index in [-0.39, 0.29) is 0 Å². The lowest BCUT2D eigenvalue weighted by Crippen LogP contribution is -1.97. The van der Waals surface area contributed by atoms with E-state index < -0.39 is 0 Å². The van der Waals surface area contributed by atoms with E-state index in [1.807, 2.05) is 30.4 Å². The molecular formula is C47H37NO. The zero-order valence-electron chi connectivity index (χ0n) is 27.4. The summed E-state index contributed by atoms with van der Waals surface area (Å²) in [6.45, 7) is 8.08. The highest BCUT2D eigenvalue weighted by Crippen LogP contribution is 2.35. The average Bonchev–Trinajstić information content (AvgIpc) is 3.52. The maximum Gasteiger partial charge on any atom is 0.135 e. The number of benzene rings is 5. The summed E-state index contributed by atoms with van der Waals surface area (Å²) in [5.41, 5.74) is 18.0. The minimum absolute atomic E-state index is 0.704. The van der Waals surface area contributed by atoms with Crippen molar-refractivity contribution in [2.75, 3.05) is 0 Å². The molecule has 0 aliphatic heterocycles. The molecule has 7 rings (SSSR count). The van der Waals surface area contributed by atoms with Crippen molar-refractivity contribution in [1.29, 1.82) is 0 Å². The fourth-order valence-corrected chi connectivity index (χ4v) is 6.39. The third kappa shape index (κ3) is 6.58. The quantitative estimate of drug-likeness (QED) is 0.190. The molecule has 0 unspecified atom stereocenters. The molecule has 0 atom stereocenters. The molecule has 6 aromatic rings. The first kappa shape index (κ1) is 31.2. The van der Waals surface area contributed by atoms with E-state index in [9.17, 15) is 0 Å². The van der Waals surface area contributed by atoms with Crippen LogP contribution in [0.3, 0.4) is 0 Å². The van der Waals surface area contributed by atoms with Gasteiger partial charge in [0.05, 0.1) is 0 Å². The van der Waals surface area contributed by atoms with Gasteiger partial charge in [0.1, 0.15) is 11.2 Å². The smallest absolute Gasteiger partial charge is 0.135 e. The summed E-state index contributed by atoms with van der Waals surface area (Å²) in [4.78, 5) is 0. The van der Waals surface area contributed by atoms with Crippen LogP contribution in [-0.2, 0) is 0 Å². The Morgan fingerprint density at radius 2 is 1.31 bits per heavy atom. The monoisotopic (exact) mass is 631 g/mol. The van der Waals surface area contributed by atoms with Gasteiger partial charge in [0.2, 0.25) is 0 Å². The van der Waals surface area contributed by atoms with E-state index in [0.29, 0.717) is 6.42 Å². The number of fused-ring (bicyclic) bond motifs is 4. The van der Waals surface area contributed by atoms with E-state index in [0.717, 1.165) is 72.2 Å². The van der Waals surface area contributed by atoms with Crippen molar-refractivity contribution in [3.8, 4) is 11.1 Å². The SMILES string of the molecule is C=Cc1cc(-c2ccc(/C(N)=C/CC3=CC=CC=C(c4ccc5oc6ccccc6c5c4)C=CC=CC=C3)cc2)c2ccccc2c1C=C. The molecule has 0 saturated heterocycles. The number of hydrogen-bond acceptors (Lipinski definition) is 2. The van der Waals surface area contributed by atoms with Gasteiger partial charge in [-0.25, -0.2) is 0 Å². The first-order valence-electron chi connectivity index (χ1n) is 16.5. The van der Waals surface area contributed by atoms with E-state index in [1.54, 1.807) is 0 Å². The van der Waals surface area contributed by atoms with Gasteiger partial charge in [-0.3, -0.25) is 0 Å². The summed E-state index contributed by atoms with van der Waals surface area (Å²) < 4.78 is 6.04.